The third kappa shape index (κ3) is 4.86. The highest BCUT2D eigenvalue weighted by atomic mass is 19.4. The van der Waals surface area contributed by atoms with Gasteiger partial charge in [-0.25, -0.2) is 0 Å². The van der Waals surface area contributed by atoms with Crippen molar-refractivity contribution in [3.05, 3.63) is 35.4 Å². The Labute approximate surface area is 113 Å². The topological polar surface area (TPSA) is 12.0 Å². The van der Waals surface area contributed by atoms with Crippen molar-refractivity contribution in [3.8, 4) is 0 Å². The van der Waals surface area contributed by atoms with Gasteiger partial charge in [-0.05, 0) is 37.1 Å². The summed E-state index contributed by atoms with van der Waals surface area (Å²) >= 11 is 0. The third-order valence-corrected chi connectivity index (χ3v) is 3.38. The predicted octanol–water partition coefficient (Wildman–Crippen LogP) is 4.79. The van der Waals surface area contributed by atoms with Gasteiger partial charge in [0.1, 0.15) is 0 Å². The van der Waals surface area contributed by atoms with Gasteiger partial charge in [0.25, 0.3) is 0 Å². The maximum absolute atomic E-state index is 12.7. The summed E-state index contributed by atoms with van der Waals surface area (Å²) in [6.07, 6.45) is -1.23. The van der Waals surface area contributed by atoms with Crippen molar-refractivity contribution in [2.24, 2.45) is 5.92 Å². The molecule has 0 spiro atoms. The summed E-state index contributed by atoms with van der Waals surface area (Å²) in [4.78, 5) is 0. The van der Waals surface area contributed by atoms with E-state index in [0.717, 1.165) is 25.3 Å². The maximum atomic E-state index is 12.7. The van der Waals surface area contributed by atoms with E-state index >= 15 is 0 Å². The van der Waals surface area contributed by atoms with E-state index in [-0.39, 0.29) is 6.04 Å². The van der Waals surface area contributed by atoms with E-state index in [2.05, 4.69) is 19.2 Å². The summed E-state index contributed by atoms with van der Waals surface area (Å²) < 4.78 is 38.1. The molecule has 1 aromatic carbocycles. The highest BCUT2D eigenvalue weighted by Gasteiger charge is 2.30. The fraction of sp³-hybridized carbons (Fsp3) is 0.600. The molecule has 0 saturated carbocycles. The van der Waals surface area contributed by atoms with E-state index < -0.39 is 11.7 Å². The monoisotopic (exact) mass is 273 g/mol. The van der Waals surface area contributed by atoms with Gasteiger partial charge >= 0.3 is 6.18 Å². The van der Waals surface area contributed by atoms with Crippen molar-refractivity contribution >= 4 is 0 Å². The maximum Gasteiger partial charge on any atom is 0.416 e. The lowest BCUT2D eigenvalue weighted by molar-refractivity contribution is -0.137. The number of rotatable bonds is 6. The molecule has 1 aromatic rings. The van der Waals surface area contributed by atoms with E-state index in [1.807, 2.05) is 0 Å². The smallest absolute Gasteiger partial charge is 0.313 e. The number of nitrogens with one attached hydrogen (secondary N) is 1. The van der Waals surface area contributed by atoms with Crippen LogP contribution < -0.4 is 5.32 Å². The Balaban J connectivity index is 2.87. The van der Waals surface area contributed by atoms with Crippen molar-refractivity contribution in [2.75, 3.05) is 7.05 Å². The normalized spacial score (nSPS) is 15.3. The number of halogens is 3. The Morgan fingerprint density at radius 1 is 1.26 bits per heavy atom. The minimum atomic E-state index is -4.27. The zero-order valence-electron chi connectivity index (χ0n) is 11.7. The second kappa shape index (κ2) is 6.94. The van der Waals surface area contributed by atoms with Crippen LogP contribution in [-0.4, -0.2) is 7.05 Å². The molecule has 108 valence electrons. The lowest BCUT2D eigenvalue weighted by Crippen LogP contribution is -2.19. The molecule has 0 radical (unpaired) electrons. The van der Waals surface area contributed by atoms with Gasteiger partial charge < -0.3 is 5.32 Å². The molecule has 0 aliphatic carbocycles. The Morgan fingerprint density at radius 2 is 1.95 bits per heavy atom. The predicted molar refractivity (Wildman–Crippen MR) is 71.9 cm³/mol. The number of benzene rings is 1. The highest BCUT2D eigenvalue weighted by Crippen LogP contribution is 2.32. The van der Waals surface area contributed by atoms with Gasteiger partial charge in [-0.2, -0.15) is 13.2 Å². The van der Waals surface area contributed by atoms with Gasteiger partial charge in [-0.3, -0.25) is 0 Å². The summed E-state index contributed by atoms with van der Waals surface area (Å²) in [5, 5.41) is 3.12. The van der Waals surface area contributed by atoms with Crippen molar-refractivity contribution in [1.82, 2.24) is 5.32 Å². The molecule has 1 N–H and O–H groups in total. The molecule has 4 heteroatoms. The molecule has 0 fully saturated rings. The van der Waals surface area contributed by atoms with Crippen molar-refractivity contribution < 1.29 is 13.2 Å². The molecular weight excluding hydrogens is 251 g/mol. The lowest BCUT2D eigenvalue weighted by atomic mass is 9.92. The molecule has 2 unspecified atom stereocenters. The molecule has 1 nitrogen and oxygen atoms in total. The minimum absolute atomic E-state index is 0.0242. The largest absolute Gasteiger partial charge is 0.416 e. The standard InChI is InChI=1S/C15H22F3N/c1-4-6-11(2)9-14(19-3)12-7-5-8-13(10-12)15(16,17)18/h5,7-8,10-11,14,19H,4,6,9H2,1-3H3. The fourth-order valence-corrected chi connectivity index (χ4v) is 2.37. The number of alkyl halides is 3. The average Bonchev–Trinajstić information content (AvgIpc) is 2.35. The van der Waals surface area contributed by atoms with Gasteiger partial charge in [0.2, 0.25) is 0 Å². The Morgan fingerprint density at radius 3 is 2.47 bits per heavy atom. The van der Waals surface area contributed by atoms with Crippen LogP contribution in [0.15, 0.2) is 24.3 Å². The SMILES string of the molecule is CCCC(C)CC(NC)c1cccc(C(F)(F)F)c1. The van der Waals surface area contributed by atoms with Crippen LogP contribution in [0, 0.1) is 5.92 Å². The molecule has 0 amide bonds. The van der Waals surface area contributed by atoms with Crippen LogP contribution >= 0.6 is 0 Å². The first-order chi connectivity index (χ1) is 8.88. The van der Waals surface area contributed by atoms with Crippen molar-refractivity contribution in [2.45, 2.75) is 45.3 Å². The Hall–Kier alpha value is -1.03. The first-order valence-corrected chi connectivity index (χ1v) is 6.72. The van der Waals surface area contributed by atoms with Gasteiger partial charge in [0, 0.05) is 6.04 Å². The fourth-order valence-electron chi connectivity index (χ4n) is 2.37. The Bertz CT molecular complexity index is 387. The molecule has 0 aromatic heterocycles. The highest BCUT2D eigenvalue weighted by molar-refractivity contribution is 5.28. The van der Waals surface area contributed by atoms with E-state index in [1.54, 1.807) is 13.1 Å². The van der Waals surface area contributed by atoms with Crippen LogP contribution in [0.5, 0.6) is 0 Å². The molecule has 2 atom stereocenters. The van der Waals surface area contributed by atoms with E-state index in [4.69, 9.17) is 0 Å². The molecule has 0 bridgehead atoms. The van der Waals surface area contributed by atoms with Crippen molar-refractivity contribution in [1.29, 1.82) is 0 Å². The van der Waals surface area contributed by atoms with Crippen LogP contribution in [0.1, 0.15) is 50.3 Å². The second-order valence-corrected chi connectivity index (χ2v) is 5.09. The molecule has 1 rings (SSSR count). The zero-order chi connectivity index (χ0) is 14.5. The Kier molecular flexibility index (Phi) is 5.85. The lowest BCUT2D eigenvalue weighted by Gasteiger charge is -2.21. The first-order valence-electron chi connectivity index (χ1n) is 6.72. The van der Waals surface area contributed by atoms with E-state index in [1.165, 1.54) is 12.1 Å². The average molecular weight is 273 g/mol. The summed E-state index contributed by atoms with van der Waals surface area (Å²) in [6, 6.07) is 5.58. The van der Waals surface area contributed by atoms with Gasteiger partial charge in [0.15, 0.2) is 0 Å². The van der Waals surface area contributed by atoms with Crippen LogP contribution in [0.3, 0.4) is 0 Å². The summed E-state index contributed by atoms with van der Waals surface area (Å²) in [5.74, 6) is 0.497. The summed E-state index contributed by atoms with van der Waals surface area (Å²) in [6.45, 7) is 4.26. The second-order valence-electron chi connectivity index (χ2n) is 5.09. The number of hydrogen-bond donors (Lipinski definition) is 1. The van der Waals surface area contributed by atoms with Gasteiger partial charge in [-0.15, -0.1) is 0 Å². The third-order valence-electron chi connectivity index (χ3n) is 3.38. The van der Waals surface area contributed by atoms with Crippen LogP contribution in [-0.2, 0) is 6.18 Å². The van der Waals surface area contributed by atoms with Gasteiger partial charge in [0.05, 0.1) is 5.56 Å². The van der Waals surface area contributed by atoms with E-state index in [0.29, 0.717) is 11.5 Å². The van der Waals surface area contributed by atoms with Gasteiger partial charge in [-0.1, -0.05) is 38.8 Å². The molecule has 0 aliphatic heterocycles. The molecule has 19 heavy (non-hydrogen) atoms. The minimum Gasteiger partial charge on any atom is -0.313 e. The van der Waals surface area contributed by atoms with Crippen LogP contribution in [0.4, 0.5) is 13.2 Å². The number of hydrogen-bond acceptors (Lipinski definition) is 1. The van der Waals surface area contributed by atoms with Crippen LogP contribution in [0.25, 0.3) is 0 Å². The first kappa shape index (κ1) is 16.0. The van der Waals surface area contributed by atoms with Crippen LogP contribution in [0.2, 0.25) is 0 Å². The zero-order valence-corrected chi connectivity index (χ0v) is 11.7. The van der Waals surface area contributed by atoms with Crippen molar-refractivity contribution in [3.63, 3.8) is 0 Å². The quantitative estimate of drug-likeness (QED) is 0.785. The summed E-state index contributed by atoms with van der Waals surface area (Å²) in [5.41, 5.74) is 0.133. The molecule has 0 saturated heterocycles. The molecular formula is C15H22F3N. The molecule has 0 heterocycles. The molecule has 0 aliphatic rings. The summed E-state index contributed by atoms with van der Waals surface area (Å²) in [7, 11) is 1.80. The van der Waals surface area contributed by atoms with E-state index in [9.17, 15) is 13.2 Å².